The first-order valence-electron chi connectivity index (χ1n) is 4.28. The molecule has 13 heavy (non-hydrogen) atoms. The fourth-order valence-corrected chi connectivity index (χ4v) is 1.48. The molecular weight excluding hydrogens is 164 g/mol. The minimum Gasteiger partial charge on any atom is -0.396 e. The van der Waals surface area contributed by atoms with Crippen molar-refractivity contribution in [2.45, 2.75) is 13.3 Å². The molecule has 0 atom stereocenters. The van der Waals surface area contributed by atoms with E-state index >= 15 is 0 Å². The highest BCUT2D eigenvalue weighted by Crippen LogP contribution is 2.19. The minimum absolute atomic E-state index is 0.646. The predicted molar refractivity (Wildman–Crippen MR) is 52.3 cm³/mol. The van der Waals surface area contributed by atoms with Crippen molar-refractivity contribution in [3.05, 3.63) is 18.2 Å². The standard InChI is InChI=1S/C9H12N4/c1-3-8-12-9-6(10)4-11-5-7(9)13(8)2/h4-5H,3,10H2,1-2H3. The van der Waals surface area contributed by atoms with Crippen molar-refractivity contribution >= 4 is 16.7 Å². The Hall–Kier alpha value is -1.58. The van der Waals surface area contributed by atoms with Gasteiger partial charge < -0.3 is 10.3 Å². The van der Waals surface area contributed by atoms with Crippen molar-refractivity contribution < 1.29 is 0 Å². The van der Waals surface area contributed by atoms with Gasteiger partial charge in [0, 0.05) is 13.5 Å². The number of pyridine rings is 1. The summed E-state index contributed by atoms with van der Waals surface area (Å²) in [6, 6.07) is 0. The van der Waals surface area contributed by atoms with Gasteiger partial charge in [0.25, 0.3) is 0 Å². The van der Waals surface area contributed by atoms with Gasteiger partial charge in [-0.3, -0.25) is 4.98 Å². The van der Waals surface area contributed by atoms with Crippen LogP contribution in [0.4, 0.5) is 5.69 Å². The van der Waals surface area contributed by atoms with Crippen LogP contribution in [0.15, 0.2) is 12.4 Å². The molecule has 0 aromatic carbocycles. The number of hydrogen-bond donors (Lipinski definition) is 1. The molecule has 0 saturated carbocycles. The van der Waals surface area contributed by atoms with Crippen LogP contribution >= 0.6 is 0 Å². The van der Waals surface area contributed by atoms with Crippen LogP contribution in [0.2, 0.25) is 0 Å². The second-order valence-electron chi connectivity index (χ2n) is 3.04. The highest BCUT2D eigenvalue weighted by atomic mass is 15.1. The smallest absolute Gasteiger partial charge is 0.115 e. The zero-order valence-corrected chi connectivity index (χ0v) is 7.78. The first kappa shape index (κ1) is 8.04. The Kier molecular flexibility index (Phi) is 1.69. The lowest BCUT2D eigenvalue weighted by Gasteiger charge is -1.97. The molecule has 2 aromatic rings. The zero-order chi connectivity index (χ0) is 9.42. The fourth-order valence-electron chi connectivity index (χ4n) is 1.48. The first-order valence-corrected chi connectivity index (χ1v) is 4.28. The number of fused-ring (bicyclic) bond motifs is 1. The van der Waals surface area contributed by atoms with Gasteiger partial charge in [0.05, 0.1) is 23.6 Å². The van der Waals surface area contributed by atoms with Crippen molar-refractivity contribution in [2.75, 3.05) is 5.73 Å². The molecule has 0 bridgehead atoms. The maximum atomic E-state index is 5.75. The molecule has 0 fully saturated rings. The van der Waals surface area contributed by atoms with Gasteiger partial charge in [0.15, 0.2) is 0 Å². The molecule has 0 saturated heterocycles. The molecule has 2 heterocycles. The Morgan fingerprint density at radius 2 is 2.23 bits per heavy atom. The normalized spacial score (nSPS) is 10.9. The van der Waals surface area contributed by atoms with E-state index in [4.69, 9.17) is 5.73 Å². The van der Waals surface area contributed by atoms with Gasteiger partial charge in [-0.25, -0.2) is 4.98 Å². The van der Waals surface area contributed by atoms with Crippen molar-refractivity contribution in [3.63, 3.8) is 0 Å². The van der Waals surface area contributed by atoms with E-state index in [9.17, 15) is 0 Å². The van der Waals surface area contributed by atoms with Crippen LogP contribution in [0.3, 0.4) is 0 Å². The Morgan fingerprint density at radius 3 is 2.85 bits per heavy atom. The molecule has 2 rings (SSSR count). The number of imidazole rings is 1. The second kappa shape index (κ2) is 2.73. The Labute approximate surface area is 76.4 Å². The lowest BCUT2D eigenvalue weighted by Crippen LogP contribution is -1.94. The van der Waals surface area contributed by atoms with E-state index in [1.165, 1.54) is 0 Å². The maximum absolute atomic E-state index is 5.75. The largest absolute Gasteiger partial charge is 0.396 e. The topological polar surface area (TPSA) is 56.7 Å². The highest BCUT2D eigenvalue weighted by Gasteiger charge is 2.07. The molecule has 0 amide bonds. The van der Waals surface area contributed by atoms with E-state index in [-0.39, 0.29) is 0 Å². The summed E-state index contributed by atoms with van der Waals surface area (Å²) in [5, 5.41) is 0. The number of hydrogen-bond acceptors (Lipinski definition) is 3. The van der Waals surface area contributed by atoms with Gasteiger partial charge in [-0.05, 0) is 0 Å². The van der Waals surface area contributed by atoms with Crippen LogP contribution in [-0.2, 0) is 13.5 Å². The van der Waals surface area contributed by atoms with Crippen LogP contribution in [-0.4, -0.2) is 14.5 Å². The molecule has 0 aliphatic carbocycles. The molecule has 2 aromatic heterocycles. The molecule has 2 N–H and O–H groups in total. The number of rotatable bonds is 1. The Morgan fingerprint density at radius 1 is 1.46 bits per heavy atom. The van der Waals surface area contributed by atoms with E-state index < -0.39 is 0 Å². The molecule has 4 heteroatoms. The molecule has 0 radical (unpaired) electrons. The van der Waals surface area contributed by atoms with Gasteiger partial charge in [-0.1, -0.05) is 6.92 Å². The van der Waals surface area contributed by atoms with E-state index in [2.05, 4.69) is 16.9 Å². The lowest BCUT2D eigenvalue weighted by atomic mass is 10.4. The van der Waals surface area contributed by atoms with Crippen molar-refractivity contribution in [3.8, 4) is 0 Å². The van der Waals surface area contributed by atoms with Crippen LogP contribution in [0.1, 0.15) is 12.7 Å². The average Bonchev–Trinajstić information content (AvgIpc) is 2.45. The summed E-state index contributed by atoms with van der Waals surface area (Å²) in [4.78, 5) is 8.46. The Bertz CT molecular complexity index is 444. The third kappa shape index (κ3) is 1.06. The number of nitrogens with zero attached hydrogens (tertiary/aromatic N) is 3. The van der Waals surface area contributed by atoms with E-state index in [0.717, 1.165) is 23.3 Å². The monoisotopic (exact) mass is 176 g/mol. The number of anilines is 1. The quantitative estimate of drug-likeness (QED) is 0.708. The number of nitrogen functional groups attached to an aromatic ring is 1. The van der Waals surface area contributed by atoms with Crippen LogP contribution in [0.5, 0.6) is 0 Å². The molecule has 0 aliphatic heterocycles. The molecule has 0 aliphatic rings. The molecule has 0 unspecified atom stereocenters. The number of nitrogens with two attached hydrogens (primary N) is 1. The third-order valence-corrected chi connectivity index (χ3v) is 2.23. The summed E-state index contributed by atoms with van der Waals surface area (Å²) in [6.07, 6.45) is 4.33. The second-order valence-corrected chi connectivity index (χ2v) is 3.04. The van der Waals surface area contributed by atoms with Gasteiger partial charge in [-0.15, -0.1) is 0 Å². The van der Waals surface area contributed by atoms with Crippen molar-refractivity contribution in [2.24, 2.45) is 7.05 Å². The van der Waals surface area contributed by atoms with Crippen LogP contribution in [0, 0.1) is 0 Å². The summed E-state index contributed by atoms with van der Waals surface area (Å²) in [6.45, 7) is 2.07. The highest BCUT2D eigenvalue weighted by molar-refractivity contribution is 5.86. The lowest BCUT2D eigenvalue weighted by molar-refractivity contribution is 0.828. The molecule has 4 nitrogen and oxygen atoms in total. The SMILES string of the molecule is CCc1nc2c(N)cncc2n1C. The number of aryl methyl sites for hydroxylation is 2. The Balaban J connectivity index is 2.83. The molecule has 0 spiro atoms. The van der Waals surface area contributed by atoms with Crippen LogP contribution < -0.4 is 5.73 Å². The summed E-state index contributed by atoms with van der Waals surface area (Å²) in [5.74, 6) is 1.04. The summed E-state index contributed by atoms with van der Waals surface area (Å²) >= 11 is 0. The van der Waals surface area contributed by atoms with Gasteiger partial charge in [0.2, 0.25) is 0 Å². The fraction of sp³-hybridized carbons (Fsp3) is 0.333. The third-order valence-electron chi connectivity index (χ3n) is 2.23. The van der Waals surface area contributed by atoms with Gasteiger partial charge in [-0.2, -0.15) is 0 Å². The summed E-state index contributed by atoms with van der Waals surface area (Å²) in [7, 11) is 1.98. The predicted octanol–water partition coefficient (Wildman–Crippen LogP) is 1.11. The first-order chi connectivity index (χ1) is 6.24. The van der Waals surface area contributed by atoms with Gasteiger partial charge in [0.1, 0.15) is 11.3 Å². The van der Waals surface area contributed by atoms with Crippen molar-refractivity contribution in [1.82, 2.24) is 14.5 Å². The summed E-state index contributed by atoms with van der Waals surface area (Å²) in [5.41, 5.74) is 8.25. The zero-order valence-electron chi connectivity index (χ0n) is 7.78. The molecular formula is C9H12N4. The van der Waals surface area contributed by atoms with E-state index in [1.54, 1.807) is 12.4 Å². The van der Waals surface area contributed by atoms with Gasteiger partial charge >= 0.3 is 0 Å². The average molecular weight is 176 g/mol. The summed E-state index contributed by atoms with van der Waals surface area (Å²) < 4.78 is 2.03. The minimum atomic E-state index is 0.646. The van der Waals surface area contributed by atoms with Crippen molar-refractivity contribution in [1.29, 1.82) is 0 Å². The number of aromatic nitrogens is 3. The van der Waals surface area contributed by atoms with E-state index in [1.807, 2.05) is 11.6 Å². The van der Waals surface area contributed by atoms with E-state index in [0.29, 0.717) is 5.69 Å². The van der Waals surface area contributed by atoms with Crippen LogP contribution in [0.25, 0.3) is 11.0 Å². The maximum Gasteiger partial charge on any atom is 0.115 e. The molecule has 68 valence electrons.